The fraction of sp³-hybridized carbons (Fsp3) is 0.500. The van der Waals surface area contributed by atoms with Gasteiger partial charge in [0.05, 0.1) is 19.1 Å². The first-order valence-electron chi connectivity index (χ1n) is 7.16. The summed E-state index contributed by atoms with van der Waals surface area (Å²) in [4.78, 5) is 23.0. The average molecular weight is 309 g/mol. The number of carboxylic acids is 1. The van der Waals surface area contributed by atoms with E-state index in [4.69, 9.17) is 14.6 Å². The zero-order valence-corrected chi connectivity index (χ0v) is 13.4. The van der Waals surface area contributed by atoms with Gasteiger partial charge in [0.2, 0.25) is 0 Å². The summed E-state index contributed by atoms with van der Waals surface area (Å²) in [6, 6.07) is 6.30. The van der Waals surface area contributed by atoms with Crippen molar-refractivity contribution in [2.24, 2.45) is 0 Å². The van der Waals surface area contributed by atoms with Gasteiger partial charge in [0.1, 0.15) is 11.4 Å². The van der Waals surface area contributed by atoms with Gasteiger partial charge in [0.25, 0.3) is 0 Å². The second-order valence-electron chi connectivity index (χ2n) is 5.77. The van der Waals surface area contributed by atoms with Crippen LogP contribution in [0.4, 0.5) is 4.79 Å². The molecule has 0 aliphatic heterocycles. The van der Waals surface area contributed by atoms with Crippen LogP contribution in [0.25, 0.3) is 0 Å². The smallest absolute Gasteiger partial charge is 0.408 e. The molecule has 1 unspecified atom stereocenters. The van der Waals surface area contributed by atoms with E-state index in [2.05, 4.69) is 5.32 Å². The summed E-state index contributed by atoms with van der Waals surface area (Å²) in [5, 5.41) is 11.7. The number of rotatable bonds is 6. The molecule has 22 heavy (non-hydrogen) atoms. The SMILES string of the molecule is CCOc1ccccc1C(CC(=O)O)NC(=O)OC(C)(C)C. The van der Waals surface area contributed by atoms with E-state index in [-0.39, 0.29) is 6.42 Å². The van der Waals surface area contributed by atoms with E-state index in [1.54, 1.807) is 45.0 Å². The molecule has 122 valence electrons. The number of hydrogen-bond acceptors (Lipinski definition) is 4. The Morgan fingerprint density at radius 3 is 2.45 bits per heavy atom. The highest BCUT2D eigenvalue weighted by molar-refractivity contribution is 5.72. The average Bonchev–Trinajstić information content (AvgIpc) is 2.36. The summed E-state index contributed by atoms with van der Waals surface area (Å²) in [7, 11) is 0. The third kappa shape index (κ3) is 6.03. The standard InChI is InChI=1S/C16H23NO5/c1-5-21-13-9-7-6-8-11(13)12(10-14(18)19)17-15(20)22-16(2,3)4/h6-9,12H,5,10H2,1-4H3,(H,17,20)(H,18,19). The van der Waals surface area contributed by atoms with Gasteiger partial charge in [-0.05, 0) is 33.8 Å². The van der Waals surface area contributed by atoms with E-state index in [9.17, 15) is 9.59 Å². The Hall–Kier alpha value is -2.24. The molecule has 1 rings (SSSR count). The highest BCUT2D eigenvalue weighted by Gasteiger charge is 2.24. The maximum Gasteiger partial charge on any atom is 0.408 e. The van der Waals surface area contributed by atoms with Gasteiger partial charge in [0, 0.05) is 5.56 Å². The molecule has 1 atom stereocenters. The summed E-state index contributed by atoms with van der Waals surface area (Å²) in [6.07, 6.45) is -0.923. The number of alkyl carbamates (subject to hydrolysis) is 1. The van der Waals surface area contributed by atoms with Gasteiger partial charge in [-0.1, -0.05) is 18.2 Å². The van der Waals surface area contributed by atoms with Crippen LogP contribution in [0, 0.1) is 0 Å². The number of nitrogens with one attached hydrogen (secondary N) is 1. The molecule has 2 N–H and O–H groups in total. The van der Waals surface area contributed by atoms with Crippen molar-refractivity contribution in [3.05, 3.63) is 29.8 Å². The molecule has 6 nitrogen and oxygen atoms in total. The summed E-state index contributed by atoms with van der Waals surface area (Å²) in [6.45, 7) is 7.51. The second-order valence-corrected chi connectivity index (χ2v) is 5.77. The highest BCUT2D eigenvalue weighted by atomic mass is 16.6. The van der Waals surface area contributed by atoms with Crippen LogP contribution >= 0.6 is 0 Å². The van der Waals surface area contributed by atoms with Crippen LogP contribution in [0.2, 0.25) is 0 Å². The van der Waals surface area contributed by atoms with Crippen molar-refractivity contribution in [2.45, 2.75) is 45.8 Å². The number of carboxylic acid groups (broad SMARTS) is 1. The Labute approximate surface area is 130 Å². The van der Waals surface area contributed by atoms with Crippen LogP contribution in [-0.2, 0) is 9.53 Å². The van der Waals surface area contributed by atoms with Crippen molar-refractivity contribution in [2.75, 3.05) is 6.61 Å². The number of carbonyl (C=O) groups is 2. The monoisotopic (exact) mass is 309 g/mol. The third-order valence-electron chi connectivity index (χ3n) is 2.66. The van der Waals surface area contributed by atoms with Gasteiger partial charge in [0.15, 0.2) is 0 Å². The lowest BCUT2D eigenvalue weighted by Crippen LogP contribution is -2.36. The van der Waals surface area contributed by atoms with Gasteiger partial charge < -0.3 is 19.9 Å². The molecule has 0 bridgehead atoms. The molecule has 1 amide bonds. The van der Waals surface area contributed by atoms with E-state index in [0.29, 0.717) is 17.9 Å². The number of amides is 1. The minimum Gasteiger partial charge on any atom is -0.494 e. The summed E-state index contributed by atoms with van der Waals surface area (Å²) in [5.41, 5.74) is -0.0466. The quantitative estimate of drug-likeness (QED) is 0.843. The predicted octanol–water partition coefficient (Wildman–Crippen LogP) is 3.13. The first kappa shape index (κ1) is 17.8. The van der Waals surface area contributed by atoms with Gasteiger partial charge in [-0.15, -0.1) is 0 Å². The molecule has 0 aliphatic carbocycles. The van der Waals surface area contributed by atoms with E-state index in [1.165, 1.54) is 0 Å². The Morgan fingerprint density at radius 1 is 1.27 bits per heavy atom. The summed E-state index contributed by atoms with van der Waals surface area (Å²) >= 11 is 0. The van der Waals surface area contributed by atoms with E-state index < -0.39 is 23.7 Å². The number of benzene rings is 1. The first-order chi connectivity index (χ1) is 10.2. The van der Waals surface area contributed by atoms with Crippen LogP contribution < -0.4 is 10.1 Å². The lowest BCUT2D eigenvalue weighted by atomic mass is 10.0. The fourth-order valence-electron chi connectivity index (χ4n) is 1.92. The zero-order valence-electron chi connectivity index (χ0n) is 13.4. The molecule has 0 radical (unpaired) electrons. The van der Waals surface area contributed by atoms with Crippen molar-refractivity contribution >= 4 is 12.1 Å². The van der Waals surface area contributed by atoms with Crippen LogP contribution in [0.3, 0.4) is 0 Å². The van der Waals surface area contributed by atoms with E-state index in [1.807, 2.05) is 6.92 Å². The van der Waals surface area contributed by atoms with Crippen molar-refractivity contribution in [3.63, 3.8) is 0 Å². The normalized spacial score (nSPS) is 12.4. The first-order valence-corrected chi connectivity index (χ1v) is 7.16. The second kappa shape index (κ2) is 7.68. The van der Waals surface area contributed by atoms with Crippen LogP contribution in [0.15, 0.2) is 24.3 Å². The van der Waals surface area contributed by atoms with Crippen LogP contribution in [-0.4, -0.2) is 29.4 Å². The Balaban J connectivity index is 2.98. The maximum absolute atomic E-state index is 11.9. The molecule has 0 saturated carbocycles. The van der Waals surface area contributed by atoms with Crippen molar-refractivity contribution < 1.29 is 24.2 Å². The van der Waals surface area contributed by atoms with E-state index in [0.717, 1.165) is 0 Å². The maximum atomic E-state index is 11.9. The summed E-state index contributed by atoms with van der Waals surface area (Å²) in [5.74, 6) is -0.473. The Morgan fingerprint density at radius 2 is 1.91 bits per heavy atom. The molecule has 1 aromatic carbocycles. The zero-order chi connectivity index (χ0) is 16.8. The summed E-state index contributed by atoms with van der Waals surface area (Å²) < 4.78 is 10.7. The number of carbonyl (C=O) groups excluding carboxylic acids is 1. The lowest BCUT2D eigenvalue weighted by molar-refractivity contribution is -0.137. The predicted molar refractivity (Wildman–Crippen MR) is 82.0 cm³/mol. The third-order valence-corrected chi connectivity index (χ3v) is 2.66. The van der Waals surface area contributed by atoms with Crippen LogP contribution in [0.5, 0.6) is 5.75 Å². The van der Waals surface area contributed by atoms with Gasteiger partial charge in [-0.25, -0.2) is 4.79 Å². The Bertz CT molecular complexity index is 522. The van der Waals surface area contributed by atoms with Crippen LogP contribution in [0.1, 0.15) is 45.7 Å². The highest BCUT2D eigenvalue weighted by Crippen LogP contribution is 2.27. The molecular formula is C16H23NO5. The van der Waals surface area contributed by atoms with E-state index >= 15 is 0 Å². The molecule has 0 spiro atoms. The number of aliphatic carboxylic acids is 1. The molecule has 0 aliphatic rings. The van der Waals surface area contributed by atoms with Crippen molar-refractivity contribution in [1.29, 1.82) is 0 Å². The Kier molecular flexibility index (Phi) is 6.22. The van der Waals surface area contributed by atoms with Crippen molar-refractivity contribution in [3.8, 4) is 5.75 Å². The molecule has 0 heterocycles. The van der Waals surface area contributed by atoms with Gasteiger partial charge in [-0.3, -0.25) is 4.79 Å². The minimum absolute atomic E-state index is 0.261. The molecular weight excluding hydrogens is 286 g/mol. The molecule has 0 saturated heterocycles. The fourth-order valence-corrected chi connectivity index (χ4v) is 1.92. The number of ether oxygens (including phenoxy) is 2. The minimum atomic E-state index is -1.02. The lowest BCUT2D eigenvalue weighted by Gasteiger charge is -2.24. The largest absolute Gasteiger partial charge is 0.494 e. The number of para-hydroxylation sites is 1. The molecule has 1 aromatic rings. The topological polar surface area (TPSA) is 84.9 Å². The van der Waals surface area contributed by atoms with Crippen molar-refractivity contribution in [1.82, 2.24) is 5.32 Å². The molecule has 6 heteroatoms. The molecule has 0 aromatic heterocycles. The van der Waals surface area contributed by atoms with Gasteiger partial charge in [-0.2, -0.15) is 0 Å². The number of hydrogen-bond donors (Lipinski definition) is 2. The molecule has 0 fully saturated rings. The van der Waals surface area contributed by atoms with Gasteiger partial charge >= 0.3 is 12.1 Å².